The lowest BCUT2D eigenvalue weighted by atomic mass is 10.1. The summed E-state index contributed by atoms with van der Waals surface area (Å²) in [5.41, 5.74) is 1.90. The number of para-hydroxylation sites is 1. The Hall–Kier alpha value is -3.54. The molecule has 0 saturated heterocycles. The third kappa shape index (κ3) is 3.69. The summed E-state index contributed by atoms with van der Waals surface area (Å²) < 4.78 is 0. The molecule has 25 heavy (non-hydrogen) atoms. The monoisotopic (exact) mass is 332 g/mol. The number of nitrogens with one attached hydrogen (secondary N) is 2. The lowest BCUT2D eigenvalue weighted by molar-refractivity contribution is 0.0957. The molecule has 0 atom stereocenters. The average Bonchev–Trinajstić information content (AvgIpc) is 2.66. The van der Waals surface area contributed by atoms with Crippen molar-refractivity contribution < 1.29 is 9.59 Å². The van der Waals surface area contributed by atoms with Gasteiger partial charge in [0.15, 0.2) is 0 Å². The topological polar surface area (TPSA) is 84.0 Å². The molecule has 0 radical (unpaired) electrons. The maximum atomic E-state index is 12.5. The normalized spacial score (nSPS) is 10.2. The number of hydrogen-bond donors (Lipinski definition) is 2. The molecule has 1 aromatic carbocycles. The summed E-state index contributed by atoms with van der Waals surface area (Å²) in [6, 6.07) is 10.8. The van der Waals surface area contributed by atoms with Crippen LogP contribution < -0.4 is 10.6 Å². The van der Waals surface area contributed by atoms with Crippen molar-refractivity contribution in [3.05, 3.63) is 78.8 Å². The van der Waals surface area contributed by atoms with Crippen molar-refractivity contribution in [1.29, 1.82) is 0 Å². The van der Waals surface area contributed by atoms with Crippen LogP contribution in [-0.2, 0) is 0 Å². The average molecular weight is 332 g/mol. The van der Waals surface area contributed by atoms with Crippen LogP contribution in [0.15, 0.2) is 67.6 Å². The molecule has 124 valence electrons. The number of rotatable bonds is 5. The van der Waals surface area contributed by atoms with Crippen molar-refractivity contribution in [3.63, 3.8) is 0 Å². The first kappa shape index (κ1) is 16.3. The quantitative estimate of drug-likeness (QED) is 0.704. The van der Waals surface area contributed by atoms with Crippen LogP contribution in [0.1, 0.15) is 20.7 Å². The molecule has 6 heteroatoms. The number of hydrogen-bond acceptors (Lipinski definition) is 4. The lowest BCUT2D eigenvalue weighted by Crippen LogP contribution is -2.24. The Bertz CT molecular complexity index is 948. The van der Waals surface area contributed by atoms with Crippen LogP contribution in [0.4, 0.5) is 5.69 Å². The number of benzene rings is 1. The largest absolute Gasteiger partial charge is 0.349 e. The number of anilines is 1. The van der Waals surface area contributed by atoms with Gasteiger partial charge in [-0.2, -0.15) is 0 Å². The molecule has 0 saturated carbocycles. The van der Waals surface area contributed by atoms with Crippen LogP contribution in [0.3, 0.4) is 0 Å². The third-order valence-electron chi connectivity index (χ3n) is 3.55. The Balaban J connectivity index is 1.83. The first-order chi connectivity index (χ1) is 12.2. The highest BCUT2D eigenvalue weighted by Gasteiger charge is 2.12. The van der Waals surface area contributed by atoms with E-state index in [0.717, 1.165) is 5.39 Å². The van der Waals surface area contributed by atoms with E-state index < -0.39 is 0 Å². The Kier molecular flexibility index (Phi) is 4.80. The van der Waals surface area contributed by atoms with E-state index in [1.165, 1.54) is 18.5 Å². The predicted molar refractivity (Wildman–Crippen MR) is 96.5 cm³/mol. The summed E-state index contributed by atoms with van der Waals surface area (Å²) in [6.07, 6.45) is 6.08. The minimum absolute atomic E-state index is 0.291. The first-order valence-electron chi connectivity index (χ1n) is 7.68. The second-order valence-corrected chi connectivity index (χ2v) is 5.30. The van der Waals surface area contributed by atoms with Gasteiger partial charge in [0.05, 0.1) is 22.3 Å². The van der Waals surface area contributed by atoms with E-state index in [1.807, 2.05) is 24.3 Å². The van der Waals surface area contributed by atoms with E-state index in [4.69, 9.17) is 0 Å². The molecule has 2 heterocycles. The molecule has 0 fully saturated rings. The van der Waals surface area contributed by atoms with Gasteiger partial charge in [-0.05, 0) is 18.2 Å². The van der Waals surface area contributed by atoms with Gasteiger partial charge in [0.2, 0.25) is 0 Å². The zero-order valence-electron chi connectivity index (χ0n) is 13.4. The number of amides is 2. The molecule has 6 nitrogen and oxygen atoms in total. The van der Waals surface area contributed by atoms with Crippen molar-refractivity contribution in [1.82, 2.24) is 15.3 Å². The molecule has 2 aromatic heterocycles. The Morgan fingerprint density at radius 3 is 2.64 bits per heavy atom. The Morgan fingerprint density at radius 1 is 1.08 bits per heavy atom. The van der Waals surface area contributed by atoms with Crippen molar-refractivity contribution in [3.8, 4) is 0 Å². The SMILES string of the molecule is C=CCNC(=O)c1cncc(C(=O)Nc2cccc3cccnc23)c1. The summed E-state index contributed by atoms with van der Waals surface area (Å²) in [7, 11) is 0. The number of pyridine rings is 2. The fraction of sp³-hybridized carbons (Fsp3) is 0.0526. The van der Waals surface area contributed by atoms with E-state index in [2.05, 4.69) is 27.2 Å². The number of fused-ring (bicyclic) bond motifs is 1. The molecule has 3 aromatic rings. The number of carbonyl (C=O) groups is 2. The Morgan fingerprint density at radius 2 is 1.84 bits per heavy atom. The number of nitrogens with zero attached hydrogens (tertiary/aromatic N) is 2. The minimum Gasteiger partial charge on any atom is -0.349 e. The highest BCUT2D eigenvalue weighted by atomic mass is 16.2. The van der Waals surface area contributed by atoms with Crippen LogP contribution >= 0.6 is 0 Å². The number of aromatic nitrogens is 2. The first-order valence-corrected chi connectivity index (χ1v) is 7.68. The lowest BCUT2D eigenvalue weighted by Gasteiger charge is -2.09. The highest BCUT2D eigenvalue weighted by Crippen LogP contribution is 2.21. The van der Waals surface area contributed by atoms with Crippen LogP contribution in [0.5, 0.6) is 0 Å². The van der Waals surface area contributed by atoms with Gasteiger partial charge in [0.1, 0.15) is 0 Å². The summed E-state index contributed by atoms with van der Waals surface area (Å²) in [5, 5.41) is 6.40. The van der Waals surface area contributed by atoms with Crippen LogP contribution in [-0.4, -0.2) is 28.3 Å². The zero-order chi connectivity index (χ0) is 17.6. The fourth-order valence-corrected chi connectivity index (χ4v) is 2.35. The van der Waals surface area contributed by atoms with Gasteiger partial charge in [0.25, 0.3) is 11.8 Å². The van der Waals surface area contributed by atoms with E-state index in [-0.39, 0.29) is 11.8 Å². The van der Waals surface area contributed by atoms with Gasteiger partial charge in [-0.15, -0.1) is 6.58 Å². The van der Waals surface area contributed by atoms with E-state index >= 15 is 0 Å². The summed E-state index contributed by atoms with van der Waals surface area (Å²) in [5.74, 6) is -0.669. The zero-order valence-corrected chi connectivity index (χ0v) is 13.4. The second kappa shape index (κ2) is 7.35. The van der Waals surface area contributed by atoms with E-state index in [0.29, 0.717) is 28.9 Å². The molecule has 0 aliphatic carbocycles. The molecule has 0 aliphatic rings. The molecule has 3 rings (SSSR count). The summed E-state index contributed by atoms with van der Waals surface area (Å²) in [6.45, 7) is 3.89. The van der Waals surface area contributed by atoms with E-state index in [1.54, 1.807) is 18.3 Å². The maximum Gasteiger partial charge on any atom is 0.257 e. The van der Waals surface area contributed by atoms with Gasteiger partial charge >= 0.3 is 0 Å². The van der Waals surface area contributed by atoms with Crippen molar-refractivity contribution in [2.24, 2.45) is 0 Å². The van der Waals surface area contributed by atoms with Crippen LogP contribution in [0, 0.1) is 0 Å². The number of carbonyl (C=O) groups excluding carboxylic acids is 2. The standard InChI is InChI=1S/C19H16N4O2/c1-2-8-22-18(24)14-10-15(12-20-11-14)19(25)23-16-7-3-5-13-6-4-9-21-17(13)16/h2-7,9-12H,1,8H2,(H,22,24)(H,23,25). The molecular weight excluding hydrogens is 316 g/mol. The van der Waals surface area contributed by atoms with E-state index in [9.17, 15) is 9.59 Å². The fourth-order valence-electron chi connectivity index (χ4n) is 2.35. The van der Waals surface area contributed by atoms with Gasteiger partial charge in [0, 0.05) is 30.5 Å². The highest BCUT2D eigenvalue weighted by molar-refractivity contribution is 6.09. The minimum atomic E-state index is -0.357. The van der Waals surface area contributed by atoms with Crippen LogP contribution in [0.2, 0.25) is 0 Å². The third-order valence-corrected chi connectivity index (χ3v) is 3.55. The molecular formula is C19H16N4O2. The molecule has 2 N–H and O–H groups in total. The molecule has 0 aliphatic heterocycles. The Labute approximate surface area is 144 Å². The molecule has 2 amide bonds. The van der Waals surface area contributed by atoms with Crippen molar-refractivity contribution in [2.75, 3.05) is 11.9 Å². The van der Waals surface area contributed by atoms with Crippen LogP contribution in [0.25, 0.3) is 10.9 Å². The van der Waals surface area contributed by atoms with Gasteiger partial charge in [-0.1, -0.05) is 24.3 Å². The second-order valence-electron chi connectivity index (χ2n) is 5.30. The maximum absolute atomic E-state index is 12.5. The smallest absolute Gasteiger partial charge is 0.257 e. The van der Waals surface area contributed by atoms with Crippen molar-refractivity contribution >= 4 is 28.4 Å². The van der Waals surface area contributed by atoms with Gasteiger partial charge in [-0.3, -0.25) is 19.6 Å². The molecule has 0 bridgehead atoms. The van der Waals surface area contributed by atoms with Gasteiger partial charge in [-0.25, -0.2) is 0 Å². The van der Waals surface area contributed by atoms with Crippen molar-refractivity contribution in [2.45, 2.75) is 0 Å². The summed E-state index contributed by atoms with van der Waals surface area (Å²) >= 11 is 0. The van der Waals surface area contributed by atoms with Gasteiger partial charge < -0.3 is 10.6 Å². The molecule has 0 unspecified atom stereocenters. The molecule has 0 spiro atoms. The predicted octanol–water partition coefficient (Wildman–Crippen LogP) is 2.80. The summed E-state index contributed by atoms with van der Waals surface area (Å²) in [4.78, 5) is 32.8.